The monoisotopic (exact) mass is 286 g/mol. The van der Waals surface area contributed by atoms with E-state index in [1.807, 2.05) is 24.4 Å². The van der Waals surface area contributed by atoms with Crippen molar-refractivity contribution in [2.45, 2.75) is 6.54 Å². The average molecular weight is 286 g/mol. The van der Waals surface area contributed by atoms with Crippen molar-refractivity contribution in [1.29, 1.82) is 0 Å². The fourth-order valence-corrected chi connectivity index (χ4v) is 2.14. The van der Waals surface area contributed by atoms with Crippen LogP contribution in [0.5, 0.6) is 0 Å². The lowest BCUT2D eigenvalue weighted by Gasteiger charge is -2.01. The van der Waals surface area contributed by atoms with Crippen LogP contribution < -0.4 is 0 Å². The summed E-state index contributed by atoms with van der Waals surface area (Å²) < 4.78 is 3.11. The van der Waals surface area contributed by atoms with E-state index >= 15 is 0 Å². The predicted molar refractivity (Wildman–Crippen MR) is 72.3 cm³/mol. The molecule has 3 aromatic rings. The van der Waals surface area contributed by atoms with Gasteiger partial charge in [-0.2, -0.15) is 0 Å². The molecule has 0 saturated carbocycles. The lowest BCUT2D eigenvalue weighted by molar-refractivity contribution is -0.384. The normalized spacial score (nSPS) is 10.9. The van der Waals surface area contributed by atoms with Crippen LogP contribution in [-0.4, -0.2) is 30.0 Å². The number of pyridine rings is 1. The highest BCUT2D eigenvalue weighted by Crippen LogP contribution is 2.18. The van der Waals surface area contributed by atoms with Gasteiger partial charge < -0.3 is 14.1 Å². The Balaban J connectivity index is 2.00. The van der Waals surface area contributed by atoms with Gasteiger partial charge in [0, 0.05) is 18.5 Å². The maximum atomic E-state index is 11.2. The number of hydrogen-bond donors (Lipinski definition) is 1. The Bertz CT molecular complexity index is 816. The quantitative estimate of drug-likeness (QED) is 0.581. The van der Waals surface area contributed by atoms with Gasteiger partial charge in [-0.05, 0) is 12.1 Å². The molecule has 0 atom stereocenters. The number of carboxylic acids is 1. The van der Waals surface area contributed by atoms with E-state index in [1.165, 1.54) is 10.8 Å². The second-order valence-electron chi connectivity index (χ2n) is 4.47. The number of aromatic nitrogens is 3. The smallest absolute Gasteiger partial charge is 0.352 e. The summed E-state index contributed by atoms with van der Waals surface area (Å²) in [5.74, 6) is -1.22. The molecule has 1 N–H and O–H groups in total. The summed E-state index contributed by atoms with van der Waals surface area (Å²) >= 11 is 0. The van der Waals surface area contributed by atoms with Gasteiger partial charge >= 0.3 is 5.97 Å². The minimum absolute atomic E-state index is 0.140. The molecule has 0 saturated heterocycles. The van der Waals surface area contributed by atoms with Gasteiger partial charge in [0.2, 0.25) is 0 Å². The minimum Gasteiger partial charge on any atom is -0.477 e. The van der Waals surface area contributed by atoms with E-state index in [-0.39, 0.29) is 17.9 Å². The van der Waals surface area contributed by atoms with Crippen molar-refractivity contribution in [3.63, 3.8) is 0 Å². The van der Waals surface area contributed by atoms with Gasteiger partial charge in [0.25, 0.3) is 5.69 Å². The first kappa shape index (κ1) is 12.9. The maximum absolute atomic E-state index is 11.2. The first-order chi connectivity index (χ1) is 10.0. The molecular weight excluding hydrogens is 276 g/mol. The standard InChI is InChI=1S/C13H10N4O4/c18-13(19)11-5-10(17(20)21)8-16(11)7-9-6-15-4-2-1-3-12(15)14-9/h1-6,8H,7H2,(H,18,19). The SMILES string of the molecule is O=C(O)c1cc([N+](=O)[O-])cn1Cc1cn2ccccc2n1. The molecular formula is C13H10N4O4. The third-order valence-corrected chi connectivity index (χ3v) is 3.06. The summed E-state index contributed by atoms with van der Waals surface area (Å²) in [6.45, 7) is 0.150. The molecule has 0 spiro atoms. The zero-order chi connectivity index (χ0) is 15.0. The molecule has 0 aromatic carbocycles. The van der Waals surface area contributed by atoms with Crippen LogP contribution in [0.4, 0.5) is 5.69 Å². The van der Waals surface area contributed by atoms with Crippen molar-refractivity contribution in [3.8, 4) is 0 Å². The molecule has 3 heterocycles. The molecule has 0 amide bonds. The molecule has 0 aliphatic heterocycles. The second kappa shape index (κ2) is 4.75. The molecule has 0 radical (unpaired) electrons. The highest BCUT2D eigenvalue weighted by atomic mass is 16.6. The van der Waals surface area contributed by atoms with Crippen molar-refractivity contribution in [1.82, 2.24) is 14.0 Å². The summed E-state index contributed by atoms with van der Waals surface area (Å²) in [5, 5.41) is 19.9. The molecule has 3 aromatic heterocycles. The number of carboxylic acid groups (broad SMARTS) is 1. The number of nitro groups is 1. The molecule has 0 unspecified atom stereocenters. The fourth-order valence-electron chi connectivity index (χ4n) is 2.14. The van der Waals surface area contributed by atoms with Crippen LogP contribution in [0.25, 0.3) is 5.65 Å². The van der Waals surface area contributed by atoms with E-state index in [0.29, 0.717) is 5.69 Å². The van der Waals surface area contributed by atoms with E-state index < -0.39 is 10.9 Å². The Morgan fingerprint density at radius 2 is 2.19 bits per heavy atom. The van der Waals surface area contributed by atoms with E-state index in [9.17, 15) is 14.9 Å². The van der Waals surface area contributed by atoms with Gasteiger partial charge in [-0.25, -0.2) is 9.78 Å². The molecule has 106 valence electrons. The Morgan fingerprint density at radius 1 is 1.38 bits per heavy atom. The van der Waals surface area contributed by atoms with Crippen LogP contribution in [0.1, 0.15) is 16.2 Å². The Morgan fingerprint density at radius 3 is 2.86 bits per heavy atom. The lowest BCUT2D eigenvalue weighted by Crippen LogP contribution is -2.08. The molecule has 0 aliphatic carbocycles. The highest BCUT2D eigenvalue weighted by molar-refractivity contribution is 5.86. The van der Waals surface area contributed by atoms with Crippen molar-refractivity contribution in [3.05, 3.63) is 64.4 Å². The number of nitrogens with zero attached hydrogens (tertiary/aromatic N) is 4. The Hall–Kier alpha value is -3.16. The molecule has 0 aliphatic rings. The fraction of sp³-hybridized carbons (Fsp3) is 0.0769. The molecule has 0 bridgehead atoms. The topological polar surface area (TPSA) is 103 Å². The van der Waals surface area contributed by atoms with Crippen molar-refractivity contribution < 1.29 is 14.8 Å². The Labute approximate surface area is 118 Å². The van der Waals surface area contributed by atoms with Gasteiger partial charge in [0.15, 0.2) is 0 Å². The van der Waals surface area contributed by atoms with Crippen molar-refractivity contribution >= 4 is 17.3 Å². The van der Waals surface area contributed by atoms with Crippen molar-refractivity contribution in [2.75, 3.05) is 0 Å². The number of fused-ring (bicyclic) bond motifs is 1. The lowest BCUT2D eigenvalue weighted by atomic mass is 10.4. The summed E-state index contributed by atoms with van der Waals surface area (Å²) in [7, 11) is 0. The minimum atomic E-state index is -1.22. The van der Waals surface area contributed by atoms with Gasteiger partial charge in [0.05, 0.1) is 23.4 Å². The first-order valence-corrected chi connectivity index (χ1v) is 6.05. The van der Waals surface area contributed by atoms with Crippen LogP contribution in [0.2, 0.25) is 0 Å². The zero-order valence-electron chi connectivity index (χ0n) is 10.7. The number of carbonyl (C=O) groups is 1. The number of rotatable bonds is 4. The third kappa shape index (κ3) is 2.34. The van der Waals surface area contributed by atoms with E-state index in [0.717, 1.165) is 11.7 Å². The largest absolute Gasteiger partial charge is 0.477 e. The Kier molecular flexibility index (Phi) is 2.90. The summed E-state index contributed by atoms with van der Waals surface area (Å²) in [6, 6.07) is 6.55. The molecule has 8 nitrogen and oxygen atoms in total. The summed E-state index contributed by atoms with van der Waals surface area (Å²) in [4.78, 5) is 25.6. The van der Waals surface area contributed by atoms with E-state index in [2.05, 4.69) is 4.98 Å². The number of aromatic carboxylic acids is 1. The second-order valence-corrected chi connectivity index (χ2v) is 4.47. The van der Waals surface area contributed by atoms with Gasteiger partial charge in [-0.15, -0.1) is 0 Å². The molecule has 8 heteroatoms. The molecule has 3 rings (SSSR count). The van der Waals surface area contributed by atoms with Crippen molar-refractivity contribution in [2.24, 2.45) is 0 Å². The molecule has 21 heavy (non-hydrogen) atoms. The number of hydrogen-bond acceptors (Lipinski definition) is 4. The zero-order valence-corrected chi connectivity index (χ0v) is 10.7. The summed E-state index contributed by atoms with van der Waals surface area (Å²) in [6.07, 6.45) is 4.78. The summed E-state index contributed by atoms with van der Waals surface area (Å²) in [5.41, 5.74) is 0.954. The van der Waals surface area contributed by atoms with Gasteiger partial charge in [0.1, 0.15) is 11.3 Å². The third-order valence-electron chi connectivity index (χ3n) is 3.06. The van der Waals surface area contributed by atoms with E-state index in [1.54, 1.807) is 10.6 Å². The average Bonchev–Trinajstić information content (AvgIpc) is 3.02. The number of imidazole rings is 1. The maximum Gasteiger partial charge on any atom is 0.352 e. The van der Waals surface area contributed by atoms with Gasteiger partial charge in [-0.1, -0.05) is 6.07 Å². The van der Waals surface area contributed by atoms with E-state index in [4.69, 9.17) is 5.11 Å². The van der Waals surface area contributed by atoms with Crippen LogP contribution in [-0.2, 0) is 6.54 Å². The predicted octanol–water partition coefficient (Wildman–Crippen LogP) is 1.79. The first-order valence-electron chi connectivity index (χ1n) is 6.05. The highest BCUT2D eigenvalue weighted by Gasteiger charge is 2.19. The van der Waals surface area contributed by atoms with Crippen LogP contribution in [0, 0.1) is 10.1 Å². The van der Waals surface area contributed by atoms with Crippen LogP contribution in [0.3, 0.4) is 0 Å². The van der Waals surface area contributed by atoms with Gasteiger partial charge in [-0.3, -0.25) is 10.1 Å². The molecule has 0 fully saturated rings. The van der Waals surface area contributed by atoms with Crippen LogP contribution >= 0.6 is 0 Å². The van der Waals surface area contributed by atoms with Crippen LogP contribution in [0.15, 0.2) is 42.9 Å².